The molecule has 1 aliphatic heterocycles. The van der Waals surface area contributed by atoms with Crippen molar-refractivity contribution in [1.29, 1.82) is 0 Å². The van der Waals surface area contributed by atoms with Crippen molar-refractivity contribution in [1.82, 2.24) is 4.90 Å². The number of methoxy groups -OCH3 is 1. The monoisotopic (exact) mass is 406 g/mol. The zero-order valence-electron chi connectivity index (χ0n) is 17.5. The first-order valence-electron chi connectivity index (χ1n) is 9.82. The second-order valence-electron chi connectivity index (χ2n) is 6.91. The summed E-state index contributed by atoms with van der Waals surface area (Å²) < 4.78 is 4.60. The van der Waals surface area contributed by atoms with Crippen LogP contribution in [-0.2, 0) is 20.7 Å². The Morgan fingerprint density at radius 1 is 1.34 bits per heavy atom. The van der Waals surface area contributed by atoms with Crippen LogP contribution in [-0.4, -0.2) is 77.2 Å². The number of hydrogen-bond acceptors (Lipinski definition) is 4. The fourth-order valence-electron chi connectivity index (χ4n) is 3.19. The molecule has 1 N–H and O–H groups in total. The summed E-state index contributed by atoms with van der Waals surface area (Å²) >= 11 is 0. The molecule has 1 aliphatic rings. The van der Waals surface area contributed by atoms with E-state index in [1.54, 1.807) is 11.0 Å². The van der Waals surface area contributed by atoms with E-state index in [1.807, 2.05) is 36.4 Å². The number of hydrogen-bond donors (Lipinski definition) is 1. The smallest absolute Gasteiger partial charge is 0.305 e. The van der Waals surface area contributed by atoms with Gasteiger partial charge < -0.3 is 14.7 Å². The molecule has 1 radical (unpaired) electrons. The molecule has 1 heterocycles. The van der Waals surface area contributed by atoms with Gasteiger partial charge in [-0.3, -0.25) is 9.59 Å². The standard InChI is InChI=1S/C23H29NO4.Na/c1-28-23(27)14-7-2-3-8-17-24-20(12-9-13-22(24)26)15-16-21(25)18-19-10-5-4-6-11-19;/h4-6,10-11,15-16,20-21,25H,2,7,9,12-14,17-18H2,1H3;/b16-15+;/t20-,21?;/m1./s1. The van der Waals surface area contributed by atoms with Gasteiger partial charge in [-0.1, -0.05) is 48.4 Å². The van der Waals surface area contributed by atoms with Crippen LogP contribution in [0.3, 0.4) is 0 Å². The molecule has 0 aromatic heterocycles. The largest absolute Gasteiger partial charge is 0.469 e. The molecular formula is C23H29NNaO4. The average Bonchev–Trinajstić information content (AvgIpc) is 2.70. The number of unbranched alkanes of at least 4 members (excludes halogenated alkanes) is 1. The predicted octanol–water partition coefficient (Wildman–Crippen LogP) is 2.49. The molecule has 6 heteroatoms. The van der Waals surface area contributed by atoms with Crippen molar-refractivity contribution in [2.45, 2.75) is 57.1 Å². The number of rotatable bonds is 8. The molecule has 29 heavy (non-hydrogen) atoms. The fourth-order valence-corrected chi connectivity index (χ4v) is 3.19. The van der Waals surface area contributed by atoms with E-state index in [2.05, 4.69) is 16.6 Å². The van der Waals surface area contributed by atoms with Gasteiger partial charge in [0.15, 0.2) is 0 Å². The molecule has 1 amide bonds. The van der Waals surface area contributed by atoms with E-state index in [1.165, 1.54) is 7.11 Å². The molecule has 1 unspecified atom stereocenters. The summed E-state index contributed by atoms with van der Waals surface area (Å²) in [6, 6.07) is 9.81. The van der Waals surface area contributed by atoms with Crippen molar-refractivity contribution in [3.05, 3.63) is 48.0 Å². The number of benzene rings is 1. The number of carbonyl (C=O) groups excluding carboxylic acids is 2. The number of ether oxygens (including phenoxy) is 1. The zero-order chi connectivity index (χ0) is 20.2. The van der Waals surface area contributed by atoms with Crippen LogP contribution in [0.25, 0.3) is 0 Å². The molecule has 0 spiro atoms. The first-order chi connectivity index (χ1) is 13.6. The fraction of sp³-hybridized carbons (Fsp3) is 0.478. The normalized spacial score (nSPS) is 17.2. The molecule has 151 valence electrons. The average molecular weight is 406 g/mol. The SMILES string of the molecule is COC(=O)CCCC#CCN1C(=O)CCC[C@@H]1/C=C/C(O)Cc1ccccc1.[Na]. The molecular weight excluding hydrogens is 377 g/mol. The second kappa shape index (κ2) is 14.4. The number of amides is 1. The van der Waals surface area contributed by atoms with Crippen LogP contribution < -0.4 is 0 Å². The van der Waals surface area contributed by atoms with E-state index in [0.29, 0.717) is 38.6 Å². The van der Waals surface area contributed by atoms with Crippen molar-refractivity contribution in [3.63, 3.8) is 0 Å². The third-order valence-corrected chi connectivity index (χ3v) is 4.74. The van der Waals surface area contributed by atoms with Gasteiger partial charge in [0, 0.05) is 55.2 Å². The van der Waals surface area contributed by atoms with E-state index in [0.717, 1.165) is 18.4 Å². The number of aliphatic hydroxyl groups excluding tert-OH is 1. The maximum atomic E-state index is 12.3. The van der Waals surface area contributed by atoms with Crippen LogP contribution in [0.5, 0.6) is 0 Å². The minimum Gasteiger partial charge on any atom is -0.469 e. The van der Waals surface area contributed by atoms with E-state index < -0.39 is 6.10 Å². The Morgan fingerprint density at radius 3 is 2.83 bits per heavy atom. The number of carbonyl (C=O) groups is 2. The Labute approximate surface area is 195 Å². The van der Waals surface area contributed by atoms with Crippen molar-refractivity contribution in [2.24, 2.45) is 0 Å². The van der Waals surface area contributed by atoms with E-state index in [-0.39, 0.29) is 47.5 Å². The Morgan fingerprint density at radius 2 is 2.10 bits per heavy atom. The van der Waals surface area contributed by atoms with Crippen LogP contribution in [0.15, 0.2) is 42.5 Å². The summed E-state index contributed by atoms with van der Waals surface area (Å²) in [5.41, 5.74) is 1.08. The van der Waals surface area contributed by atoms with Gasteiger partial charge in [0.25, 0.3) is 0 Å². The van der Waals surface area contributed by atoms with Gasteiger partial charge in [0.1, 0.15) is 0 Å². The summed E-state index contributed by atoms with van der Waals surface area (Å²) in [6.07, 6.45) is 7.59. The molecule has 0 saturated carbocycles. The summed E-state index contributed by atoms with van der Waals surface area (Å²) in [6.45, 7) is 0.376. The van der Waals surface area contributed by atoms with Gasteiger partial charge in [-0.2, -0.15) is 0 Å². The van der Waals surface area contributed by atoms with Crippen LogP contribution in [0.4, 0.5) is 0 Å². The summed E-state index contributed by atoms with van der Waals surface area (Å²) in [7, 11) is 1.38. The van der Waals surface area contributed by atoms with Gasteiger partial charge in [0.05, 0.1) is 25.8 Å². The second-order valence-corrected chi connectivity index (χ2v) is 6.91. The molecule has 2 rings (SSSR count). The first kappa shape index (κ1) is 25.5. The van der Waals surface area contributed by atoms with Crippen LogP contribution in [0.2, 0.25) is 0 Å². The Kier molecular flexibility index (Phi) is 12.6. The van der Waals surface area contributed by atoms with Crippen LogP contribution in [0, 0.1) is 11.8 Å². The summed E-state index contributed by atoms with van der Waals surface area (Å²) in [5.74, 6) is 5.94. The molecule has 0 aliphatic carbocycles. The predicted molar refractivity (Wildman–Crippen MR) is 114 cm³/mol. The van der Waals surface area contributed by atoms with E-state index >= 15 is 0 Å². The molecule has 0 bridgehead atoms. The number of nitrogens with zero attached hydrogens (tertiary/aromatic N) is 1. The van der Waals surface area contributed by atoms with Gasteiger partial charge in [0.2, 0.25) is 5.91 Å². The third kappa shape index (κ3) is 9.64. The van der Waals surface area contributed by atoms with Gasteiger partial charge in [-0.15, -0.1) is 5.92 Å². The molecule has 1 saturated heterocycles. The van der Waals surface area contributed by atoms with E-state index in [4.69, 9.17) is 0 Å². The molecule has 1 fully saturated rings. The van der Waals surface area contributed by atoms with Gasteiger partial charge in [-0.05, 0) is 24.8 Å². The quantitative estimate of drug-likeness (QED) is 0.237. The summed E-state index contributed by atoms with van der Waals surface area (Å²) in [5, 5.41) is 10.3. The molecule has 2 atom stereocenters. The topological polar surface area (TPSA) is 66.8 Å². The van der Waals surface area contributed by atoms with E-state index in [9.17, 15) is 14.7 Å². The minimum absolute atomic E-state index is 0. The van der Waals surface area contributed by atoms with Gasteiger partial charge in [-0.25, -0.2) is 0 Å². The summed E-state index contributed by atoms with van der Waals surface area (Å²) in [4.78, 5) is 25.1. The maximum Gasteiger partial charge on any atom is 0.305 e. The van der Waals surface area contributed by atoms with Crippen molar-refractivity contribution < 1.29 is 19.4 Å². The van der Waals surface area contributed by atoms with Crippen molar-refractivity contribution >= 4 is 41.4 Å². The van der Waals surface area contributed by atoms with Crippen LogP contribution >= 0.6 is 0 Å². The third-order valence-electron chi connectivity index (χ3n) is 4.74. The molecule has 1 aromatic rings. The first-order valence-corrected chi connectivity index (χ1v) is 9.82. The Hall–Kier alpha value is -1.58. The van der Waals surface area contributed by atoms with Crippen molar-refractivity contribution in [3.8, 4) is 11.8 Å². The number of piperidine rings is 1. The number of likely N-dealkylation sites (tertiary alicyclic amines) is 1. The number of aliphatic hydroxyl groups is 1. The molecule has 1 aromatic carbocycles. The van der Waals surface area contributed by atoms with Gasteiger partial charge >= 0.3 is 5.97 Å². The van der Waals surface area contributed by atoms with Crippen molar-refractivity contribution in [2.75, 3.05) is 13.7 Å². The zero-order valence-corrected chi connectivity index (χ0v) is 19.5. The Bertz CT molecular complexity index is 723. The Balaban J connectivity index is 0.00000420. The molecule has 5 nitrogen and oxygen atoms in total. The maximum absolute atomic E-state index is 12.3. The minimum atomic E-state index is -0.578. The van der Waals surface area contributed by atoms with Crippen LogP contribution in [0.1, 0.15) is 44.1 Å². The number of esters is 1.